The van der Waals surface area contributed by atoms with E-state index in [1.165, 1.54) is 16.7 Å². The van der Waals surface area contributed by atoms with Gasteiger partial charge in [-0.3, -0.25) is 9.69 Å². The molecular formula is C21H21N4O2S2+. The quantitative estimate of drug-likeness (QED) is 0.599. The average Bonchev–Trinajstić information content (AvgIpc) is 3.19. The standard InChI is InChI=1S/C21H20N4O2S2/c1-4-25-20(27)17(29-21(25)22-19-15(26)9-7-13-23(19)2)11-12-18-24(3)14-8-5-6-10-16(14)28-18/h5-13H,4H2,1-3H3/p+1/b17-11-,18-12-. The van der Waals surface area contributed by atoms with Crippen molar-refractivity contribution in [2.45, 2.75) is 11.8 Å². The molecule has 1 aromatic heterocycles. The second-order valence-electron chi connectivity index (χ2n) is 6.54. The second-order valence-corrected chi connectivity index (χ2v) is 8.61. The number of benzene rings is 1. The van der Waals surface area contributed by atoms with E-state index in [4.69, 9.17) is 0 Å². The molecule has 1 N–H and O–H groups in total. The normalized spacial score (nSPS) is 20.4. The van der Waals surface area contributed by atoms with Gasteiger partial charge in [0.2, 0.25) is 5.75 Å². The van der Waals surface area contributed by atoms with Gasteiger partial charge in [-0.25, -0.2) is 4.57 Å². The van der Waals surface area contributed by atoms with E-state index in [2.05, 4.69) is 22.0 Å². The number of pyridine rings is 1. The fraction of sp³-hybridized carbons (Fsp3) is 0.190. The van der Waals surface area contributed by atoms with Gasteiger partial charge < -0.3 is 10.0 Å². The number of rotatable bonds is 3. The van der Waals surface area contributed by atoms with Gasteiger partial charge >= 0.3 is 5.82 Å². The molecule has 0 unspecified atom stereocenters. The summed E-state index contributed by atoms with van der Waals surface area (Å²) >= 11 is 3.01. The van der Waals surface area contributed by atoms with Crippen LogP contribution in [0.5, 0.6) is 5.75 Å². The Morgan fingerprint density at radius 3 is 2.69 bits per heavy atom. The van der Waals surface area contributed by atoms with Crippen LogP contribution in [0.1, 0.15) is 6.92 Å². The van der Waals surface area contributed by atoms with Crippen LogP contribution in [0, 0.1) is 0 Å². The molecule has 1 aromatic carbocycles. The number of thioether (sulfide) groups is 2. The fourth-order valence-electron chi connectivity index (χ4n) is 3.11. The van der Waals surface area contributed by atoms with Crippen LogP contribution < -0.4 is 9.47 Å². The third-order valence-electron chi connectivity index (χ3n) is 4.68. The number of nitrogens with zero attached hydrogens (tertiary/aromatic N) is 4. The summed E-state index contributed by atoms with van der Waals surface area (Å²) in [6.45, 7) is 2.42. The number of aliphatic imine (C=N–C) groups is 1. The monoisotopic (exact) mass is 425 g/mol. The molecule has 6 nitrogen and oxygen atoms in total. The van der Waals surface area contributed by atoms with Gasteiger partial charge in [-0.2, -0.15) is 0 Å². The lowest BCUT2D eigenvalue weighted by Crippen LogP contribution is -2.31. The van der Waals surface area contributed by atoms with Crippen LogP contribution in [0.3, 0.4) is 0 Å². The highest BCUT2D eigenvalue weighted by Crippen LogP contribution is 2.45. The Balaban J connectivity index is 1.63. The molecule has 8 heteroatoms. The molecule has 1 saturated heterocycles. The number of amidine groups is 1. The lowest BCUT2D eigenvalue weighted by molar-refractivity contribution is -0.658. The molecule has 1 fully saturated rings. The Morgan fingerprint density at radius 1 is 1.17 bits per heavy atom. The van der Waals surface area contributed by atoms with Crippen molar-refractivity contribution in [3.8, 4) is 5.75 Å². The first-order chi connectivity index (χ1) is 14.0. The number of aryl methyl sites for hydroxylation is 1. The van der Waals surface area contributed by atoms with Crippen molar-refractivity contribution in [3.05, 3.63) is 64.7 Å². The van der Waals surface area contributed by atoms with Crippen molar-refractivity contribution in [3.63, 3.8) is 0 Å². The van der Waals surface area contributed by atoms with Crippen LogP contribution in [-0.4, -0.2) is 34.7 Å². The number of allylic oxidation sites excluding steroid dienone is 2. The number of likely N-dealkylation sites (N-methyl/N-ethyl adjacent to an activating group) is 1. The summed E-state index contributed by atoms with van der Waals surface area (Å²) in [6, 6.07) is 11.6. The van der Waals surface area contributed by atoms with Crippen LogP contribution in [-0.2, 0) is 11.8 Å². The Kier molecular flexibility index (Phi) is 5.38. The van der Waals surface area contributed by atoms with E-state index in [0.29, 0.717) is 22.4 Å². The van der Waals surface area contributed by atoms with Crippen molar-refractivity contribution < 1.29 is 14.5 Å². The molecule has 148 valence electrons. The Labute approximate surface area is 178 Å². The summed E-state index contributed by atoms with van der Waals surface area (Å²) in [5.74, 6) is 0.421. The van der Waals surface area contributed by atoms with E-state index in [0.717, 1.165) is 10.7 Å². The largest absolute Gasteiger partial charge is 0.501 e. The van der Waals surface area contributed by atoms with Gasteiger partial charge in [0.05, 0.1) is 28.9 Å². The predicted octanol–water partition coefficient (Wildman–Crippen LogP) is 3.77. The minimum Gasteiger partial charge on any atom is -0.501 e. The highest BCUT2D eigenvalue weighted by molar-refractivity contribution is 8.18. The second kappa shape index (κ2) is 7.96. The zero-order chi connectivity index (χ0) is 20.5. The molecule has 0 spiro atoms. The van der Waals surface area contributed by atoms with E-state index in [1.54, 1.807) is 33.4 Å². The van der Waals surface area contributed by atoms with Gasteiger partial charge in [0.1, 0.15) is 0 Å². The van der Waals surface area contributed by atoms with E-state index in [9.17, 15) is 9.90 Å². The van der Waals surface area contributed by atoms with Gasteiger partial charge in [-0.05, 0) is 60.1 Å². The first-order valence-electron chi connectivity index (χ1n) is 9.18. The van der Waals surface area contributed by atoms with Crippen molar-refractivity contribution >= 4 is 46.1 Å². The maximum atomic E-state index is 12.8. The van der Waals surface area contributed by atoms with Crippen LogP contribution in [0.15, 0.2) is 74.6 Å². The lowest BCUT2D eigenvalue weighted by Gasteiger charge is -2.12. The van der Waals surface area contributed by atoms with Crippen molar-refractivity contribution in [1.82, 2.24) is 4.90 Å². The summed E-state index contributed by atoms with van der Waals surface area (Å²) in [5.41, 5.74) is 1.16. The van der Waals surface area contributed by atoms with E-state index in [-0.39, 0.29) is 11.7 Å². The molecule has 4 rings (SSSR count). The van der Waals surface area contributed by atoms with Gasteiger partial charge in [-0.1, -0.05) is 23.9 Å². The summed E-state index contributed by atoms with van der Waals surface area (Å²) in [5, 5.41) is 11.8. The third kappa shape index (κ3) is 3.65. The van der Waals surface area contributed by atoms with Crippen LogP contribution in [0.25, 0.3) is 0 Å². The van der Waals surface area contributed by atoms with Crippen molar-refractivity contribution in [2.24, 2.45) is 12.0 Å². The summed E-state index contributed by atoms with van der Waals surface area (Å²) in [4.78, 5) is 23.0. The predicted molar refractivity (Wildman–Crippen MR) is 118 cm³/mol. The summed E-state index contributed by atoms with van der Waals surface area (Å²) in [7, 11) is 3.83. The first-order valence-corrected chi connectivity index (χ1v) is 10.8. The Hall–Kier alpha value is -2.71. The van der Waals surface area contributed by atoms with Crippen LogP contribution in [0.2, 0.25) is 0 Å². The average molecular weight is 426 g/mol. The molecule has 0 saturated carbocycles. The maximum absolute atomic E-state index is 12.8. The van der Waals surface area contributed by atoms with E-state index < -0.39 is 0 Å². The number of amides is 1. The summed E-state index contributed by atoms with van der Waals surface area (Å²) < 4.78 is 1.73. The van der Waals surface area contributed by atoms with Gasteiger partial charge in [0, 0.05) is 18.5 Å². The number of carbonyl (C=O) groups excluding carboxylic acids is 1. The van der Waals surface area contributed by atoms with E-state index in [1.807, 2.05) is 51.5 Å². The number of carbonyl (C=O) groups is 1. The molecular weight excluding hydrogens is 404 g/mol. The highest BCUT2D eigenvalue weighted by Gasteiger charge is 2.36. The SMILES string of the molecule is CCN1C(=O)/C(=C/C=C2\Sc3ccccc3N2C)SC1=Nc1c(O)ccc[n+]1C. The number of hydrogen-bond acceptors (Lipinski definition) is 6. The highest BCUT2D eigenvalue weighted by atomic mass is 32.2. The molecule has 2 aliphatic rings. The third-order valence-corrected chi connectivity index (χ3v) is 6.89. The minimum atomic E-state index is -0.0747. The van der Waals surface area contributed by atoms with Crippen LogP contribution >= 0.6 is 23.5 Å². The lowest BCUT2D eigenvalue weighted by atomic mass is 10.3. The maximum Gasteiger partial charge on any atom is 0.368 e. The van der Waals surface area contributed by atoms with Crippen molar-refractivity contribution in [1.29, 1.82) is 0 Å². The molecule has 2 aliphatic heterocycles. The number of fused-ring (bicyclic) bond motifs is 1. The molecule has 0 aliphatic carbocycles. The topological polar surface area (TPSA) is 60.0 Å². The van der Waals surface area contributed by atoms with Crippen LogP contribution in [0.4, 0.5) is 11.5 Å². The fourth-order valence-corrected chi connectivity index (χ4v) is 5.15. The number of aromatic hydroxyl groups is 1. The number of para-hydroxylation sites is 1. The molecule has 0 radical (unpaired) electrons. The van der Waals surface area contributed by atoms with Gasteiger partial charge in [-0.15, -0.1) is 0 Å². The number of hydrogen-bond donors (Lipinski definition) is 1. The Morgan fingerprint density at radius 2 is 1.97 bits per heavy atom. The minimum absolute atomic E-state index is 0.0747. The number of anilines is 1. The smallest absolute Gasteiger partial charge is 0.368 e. The molecule has 0 atom stereocenters. The molecule has 3 heterocycles. The molecule has 29 heavy (non-hydrogen) atoms. The molecule has 2 aromatic rings. The summed E-state index contributed by atoms with van der Waals surface area (Å²) in [6.07, 6.45) is 5.64. The Bertz CT molecular complexity index is 1060. The van der Waals surface area contributed by atoms with Gasteiger partial charge in [0.15, 0.2) is 0 Å². The zero-order valence-electron chi connectivity index (χ0n) is 16.4. The molecule has 1 amide bonds. The molecule has 0 bridgehead atoms. The van der Waals surface area contributed by atoms with Crippen molar-refractivity contribution in [2.75, 3.05) is 18.5 Å². The van der Waals surface area contributed by atoms with E-state index >= 15 is 0 Å². The van der Waals surface area contributed by atoms with Gasteiger partial charge in [0.25, 0.3) is 11.1 Å². The first kappa shape index (κ1) is 19.6. The number of aromatic nitrogens is 1. The zero-order valence-corrected chi connectivity index (χ0v) is 18.0.